The summed E-state index contributed by atoms with van der Waals surface area (Å²) in [6.45, 7) is 3.40. The van der Waals surface area contributed by atoms with Crippen molar-refractivity contribution in [3.05, 3.63) is 23.8 Å². The third kappa shape index (κ3) is 7.96. The summed E-state index contributed by atoms with van der Waals surface area (Å²) >= 11 is 2.32. The number of rotatable bonds is 8. The zero-order valence-electron chi connectivity index (χ0n) is 19.2. The molecule has 32 heavy (non-hydrogen) atoms. The van der Waals surface area contributed by atoms with Crippen molar-refractivity contribution in [2.45, 2.75) is 18.7 Å². The van der Waals surface area contributed by atoms with E-state index in [0.717, 1.165) is 31.2 Å². The third-order valence-electron chi connectivity index (χ3n) is 3.73. The van der Waals surface area contributed by atoms with Gasteiger partial charge in [-0.1, -0.05) is 10.3 Å². The van der Waals surface area contributed by atoms with E-state index in [9.17, 15) is 14.4 Å². The molecular weight excluding hydrogens is 458 g/mol. The van der Waals surface area contributed by atoms with Crippen molar-refractivity contribution in [1.29, 1.82) is 0 Å². The second kappa shape index (κ2) is 12.8. The van der Waals surface area contributed by atoms with Gasteiger partial charge in [0.15, 0.2) is 5.71 Å². The minimum atomic E-state index is -0.927. The van der Waals surface area contributed by atoms with Crippen LogP contribution >= 0.6 is 23.9 Å². The molecule has 1 rings (SSSR count). The van der Waals surface area contributed by atoms with Crippen molar-refractivity contribution >= 4 is 53.4 Å². The van der Waals surface area contributed by atoms with E-state index >= 15 is 0 Å². The van der Waals surface area contributed by atoms with Crippen molar-refractivity contribution in [2.24, 2.45) is 10.3 Å². The van der Waals surface area contributed by atoms with Gasteiger partial charge in [-0.15, -0.1) is 11.8 Å². The second-order valence-electron chi connectivity index (χ2n) is 6.43. The van der Waals surface area contributed by atoms with Gasteiger partial charge in [-0.05, 0) is 43.9 Å². The van der Waals surface area contributed by atoms with Gasteiger partial charge in [0.2, 0.25) is 0 Å². The first-order valence-electron chi connectivity index (χ1n) is 9.12. The van der Waals surface area contributed by atoms with Gasteiger partial charge in [0.1, 0.15) is 18.6 Å². The van der Waals surface area contributed by atoms with E-state index in [4.69, 9.17) is 9.57 Å². The smallest absolute Gasteiger partial charge is 0.410 e. The molecule has 0 N–H and O–H groups in total. The van der Waals surface area contributed by atoms with E-state index in [1.807, 2.05) is 19.2 Å². The fourth-order valence-corrected chi connectivity index (χ4v) is 3.28. The predicted molar refractivity (Wildman–Crippen MR) is 125 cm³/mol. The van der Waals surface area contributed by atoms with Gasteiger partial charge >= 0.3 is 12.2 Å². The molecule has 0 radical (unpaired) electrons. The predicted octanol–water partition coefficient (Wildman–Crippen LogP) is 3.25. The molecule has 0 saturated heterocycles. The molecule has 11 nitrogen and oxygen atoms in total. The van der Waals surface area contributed by atoms with Crippen LogP contribution in [0.25, 0.3) is 0 Å². The zero-order valence-corrected chi connectivity index (χ0v) is 20.9. The van der Waals surface area contributed by atoms with Gasteiger partial charge in [0.25, 0.3) is 5.91 Å². The van der Waals surface area contributed by atoms with Crippen LogP contribution in [0.15, 0.2) is 33.4 Å². The molecule has 176 valence electrons. The molecule has 0 saturated carbocycles. The topological polar surface area (TPSA) is 113 Å². The van der Waals surface area contributed by atoms with E-state index in [1.165, 1.54) is 47.1 Å². The average Bonchev–Trinajstić information content (AvgIpc) is 2.73. The van der Waals surface area contributed by atoms with Crippen LogP contribution in [-0.2, 0) is 14.5 Å². The molecule has 0 bridgehead atoms. The SMILES string of the molecule is CON=C(C)C(=NOC(=O)N(C)SN(C)C(=O)Oc1ccc(SC)c(C)c1)C(=O)N(C)C. The lowest BCUT2D eigenvalue weighted by molar-refractivity contribution is -0.121. The number of amides is 3. The summed E-state index contributed by atoms with van der Waals surface area (Å²) < 4.78 is 7.43. The third-order valence-corrected chi connectivity index (χ3v) is 5.41. The molecule has 1 aromatic rings. The number of carbonyl (C=O) groups is 3. The molecule has 0 atom stereocenters. The number of ether oxygens (including phenoxy) is 1. The van der Waals surface area contributed by atoms with E-state index in [-0.39, 0.29) is 11.4 Å². The Bertz CT molecular complexity index is 906. The standard InChI is InChI=1S/C19H27N5O6S2/c1-12-11-14(9-10-15(12)31-8)29-18(26)23(5)32-24(6)19(27)30-21-16(13(2)20-28-7)17(25)22(3)4/h9-11H,1-8H3. The minimum Gasteiger partial charge on any atom is -0.410 e. The van der Waals surface area contributed by atoms with E-state index in [2.05, 4.69) is 15.1 Å². The summed E-state index contributed by atoms with van der Waals surface area (Å²) in [6.07, 6.45) is 0.340. The van der Waals surface area contributed by atoms with Gasteiger partial charge in [-0.25, -0.2) is 18.2 Å². The molecule has 0 aliphatic heterocycles. The van der Waals surface area contributed by atoms with Crippen LogP contribution in [0, 0.1) is 6.92 Å². The number of thioether (sulfide) groups is 1. The lowest BCUT2D eigenvalue weighted by Gasteiger charge is -2.20. The molecule has 0 spiro atoms. The van der Waals surface area contributed by atoms with E-state index < -0.39 is 18.1 Å². The lowest BCUT2D eigenvalue weighted by atomic mass is 10.2. The minimum absolute atomic E-state index is 0.123. The number of oxime groups is 2. The number of benzene rings is 1. The molecule has 0 heterocycles. The molecule has 0 aliphatic rings. The van der Waals surface area contributed by atoms with Crippen molar-refractivity contribution in [2.75, 3.05) is 41.6 Å². The largest absolute Gasteiger partial charge is 0.447 e. The van der Waals surface area contributed by atoms with Crippen LogP contribution in [-0.4, -0.2) is 84.6 Å². The highest BCUT2D eigenvalue weighted by atomic mass is 32.2. The molecule has 3 amide bonds. The Morgan fingerprint density at radius 1 is 1.00 bits per heavy atom. The lowest BCUT2D eigenvalue weighted by Crippen LogP contribution is -2.35. The average molecular weight is 486 g/mol. The number of nitrogens with zero attached hydrogens (tertiary/aromatic N) is 5. The quantitative estimate of drug-likeness (QED) is 0.181. The van der Waals surface area contributed by atoms with Gasteiger partial charge < -0.3 is 14.5 Å². The first-order valence-corrected chi connectivity index (χ1v) is 11.1. The van der Waals surface area contributed by atoms with Crippen molar-refractivity contribution in [3.63, 3.8) is 0 Å². The van der Waals surface area contributed by atoms with Crippen LogP contribution in [0.5, 0.6) is 5.75 Å². The maximum Gasteiger partial charge on any atom is 0.447 e. The first-order chi connectivity index (χ1) is 15.0. The molecular formula is C19H27N5O6S2. The Labute approximate surface area is 195 Å². The van der Waals surface area contributed by atoms with Crippen molar-refractivity contribution in [1.82, 2.24) is 13.5 Å². The highest BCUT2D eigenvalue weighted by Gasteiger charge is 2.23. The van der Waals surface area contributed by atoms with E-state index in [1.54, 1.807) is 23.9 Å². The van der Waals surface area contributed by atoms with Crippen molar-refractivity contribution < 1.29 is 28.8 Å². The second-order valence-corrected chi connectivity index (χ2v) is 8.54. The van der Waals surface area contributed by atoms with Gasteiger partial charge in [-0.2, -0.15) is 0 Å². The number of aryl methyl sites for hydroxylation is 1. The van der Waals surface area contributed by atoms with Crippen LogP contribution in [0.1, 0.15) is 12.5 Å². The Balaban J connectivity index is 2.77. The molecule has 0 unspecified atom stereocenters. The Morgan fingerprint density at radius 2 is 1.62 bits per heavy atom. The summed E-state index contributed by atoms with van der Waals surface area (Å²) in [7, 11) is 7.13. The monoisotopic (exact) mass is 485 g/mol. The highest BCUT2D eigenvalue weighted by Crippen LogP contribution is 2.25. The number of hydrogen-bond donors (Lipinski definition) is 0. The summed E-state index contributed by atoms with van der Waals surface area (Å²) in [5.41, 5.74) is 0.894. The molecule has 0 aliphatic carbocycles. The van der Waals surface area contributed by atoms with Gasteiger partial charge in [0.05, 0.1) is 12.1 Å². The summed E-state index contributed by atoms with van der Waals surface area (Å²) in [5, 5.41) is 7.24. The Hall–Kier alpha value is -2.93. The normalized spacial score (nSPS) is 11.5. The van der Waals surface area contributed by atoms with Crippen LogP contribution in [0.4, 0.5) is 9.59 Å². The molecule has 0 aromatic heterocycles. The van der Waals surface area contributed by atoms with E-state index in [0.29, 0.717) is 5.75 Å². The fourth-order valence-electron chi connectivity index (χ4n) is 2.12. The van der Waals surface area contributed by atoms with Gasteiger partial charge in [0, 0.05) is 33.1 Å². The fraction of sp³-hybridized carbons (Fsp3) is 0.421. The maximum atomic E-state index is 12.3. The highest BCUT2D eigenvalue weighted by molar-refractivity contribution is 7.98. The first kappa shape index (κ1) is 27.1. The van der Waals surface area contributed by atoms with Crippen LogP contribution < -0.4 is 4.74 Å². The summed E-state index contributed by atoms with van der Waals surface area (Å²) in [4.78, 5) is 48.6. The van der Waals surface area contributed by atoms with Gasteiger partial charge in [-0.3, -0.25) is 9.63 Å². The Kier molecular flexibility index (Phi) is 10.9. The maximum absolute atomic E-state index is 12.3. The molecule has 1 aromatic carbocycles. The van der Waals surface area contributed by atoms with Crippen LogP contribution in [0.2, 0.25) is 0 Å². The molecule has 13 heteroatoms. The number of hydrogen-bond acceptors (Lipinski definition) is 10. The number of carbonyl (C=O) groups excluding carboxylic acids is 3. The zero-order chi connectivity index (χ0) is 24.4. The molecule has 0 fully saturated rings. The summed E-state index contributed by atoms with van der Waals surface area (Å²) in [6, 6.07) is 5.30. The Morgan fingerprint density at radius 3 is 2.16 bits per heavy atom. The summed E-state index contributed by atoms with van der Waals surface area (Å²) in [5.74, 6) is -0.151. The van der Waals surface area contributed by atoms with Crippen molar-refractivity contribution in [3.8, 4) is 5.75 Å². The van der Waals surface area contributed by atoms with Crippen LogP contribution in [0.3, 0.4) is 0 Å².